The molecule has 0 spiro atoms. The van der Waals surface area contributed by atoms with Gasteiger partial charge < -0.3 is 4.90 Å². The fraction of sp³-hybridized carbons (Fsp3) is 0.500. The molecule has 1 heterocycles. The summed E-state index contributed by atoms with van der Waals surface area (Å²) in [5.41, 5.74) is 0.433. The SMILES string of the molecule is CC1CCN(c2cc(F)cc([N+](=O)[O-])c2)CC1. The highest BCUT2D eigenvalue weighted by molar-refractivity contribution is 5.53. The fourth-order valence-electron chi connectivity index (χ4n) is 2.11. The van der Waals surface area contributed by atoms with Gasteiger partial charge in [0.15, 0.2) is 0 Å². The van der Waals surface area contributed by atoms with Crippen LogP contribution in [0.4, 0.5) is 15.8 Å². The minimum Gasteiger partial charge on any atom is -0.371 e. The monoisotopic (exact) mass is 238 g/mol. The van der Waals surface area contributed by atoms with Gasteiger partial charge in [0.1, 0.15) is 5.82 Å². The zero-order chi connectivity index (χ0) is 12.4. The van der Waals surface area contributed by atoms with Crippen molar-refractivity contribution in [3.63, 3.8) is 0 Å². The Morgan fingerprint density at radius 1 is 1.35 bits per heavy atom. The van der Waals surface area contributed by atoms with Gasteiger partial charge in [-0.3, -0.25) is 10.1 Å². The molecule has 0 aliphatic carbocycles. The number of benzene rings is 1. The molecule has 92 valence electrons. The van der Waals surface area contributed by atoms with E-state index in [1.807, 2.05) is 4.90 Å². The van der Waals surface area contributed by atoms with E-state index in [0.29, 0.717) is 11.6 Å². The topological polar surface area (TPSA) is 46.4 Å². The molecule has 0 bridgehead atoms. The van der Waals surface area contributed by atoms with Crippen molar-refractivity contribution in [3.05, 3.63) is 34.1 Å². The summed E-state index contributed by atoms with van der Waals surface area (Å²) in [6.07, 6.45) is 2.09. The first-order valence-corrected chi connectivity index (χ1v) is 5.76. The van der Waals surface area contributed by atoms with Crippen LogP contribution in [0.5, 0.6) is 0 Å². The number of rotatable bonds is 2. The number of non-ortho nitro benzene ring substituents is 1. The van der Waals surface area contributed by atoms with Crippen LogP contribution in [0, 0.1) is 21.8 Å². The summed E-state index contributed by atoms with van der Waals surface area (Å²) in [4.78, 5) is 12.1. The van der Waals surface area contributed by atoms with Crippen LogP contribution in [0.1, 0.15) is 19.8 Å². The predicted octanol–water partition coefficient (Wildman–Crippen LogP) is 2.97. The van der Waals surface area contributed by atoms with Crippen molar-refractivity contribution in [1.82, 2.24) is 0 Å². The maximum absolute atomic E-state index is 13.3. The smallest absolute Gasteiger partial charge is 0.274 e. The average Bonchev–Trinajstić information content (AvgIpc) is 2.29. The number of halogens is 1. The van der Waals surface area contributed by atoms with Gasteiger partial charge >= 0.3 is 0 Å². The second kappa shape index (κ2) is 4.69. The molecule has 1 aliphatic heterocycles. The number of hydrogen-bond acceptors (Lipinski definition) is 3. The molecule has 0 unspecified atom stereocenters. The van der Waals surface area contributed by atoms with E-state index in [0.717, 1.165) is 32.0 Å². The normalized spacial score (nSPS) is 17.2. The predicted molar refractivity (Wildman–Crippen MR) is 63.7 cm³/mol. The third-order valence-electron chi connectivity index (χ3n) is 3.23. The second-order valence-electron chi connectivity index (χ2n) is 4.59. The summed E-state index contributed by atoms with van der Waals surface area (Å²) in [6.45, 7) is 3.86. The summed E-state index contributed by atoms with van der Waals surface area (Å²) < 4.78 is 13.3. The van der Waals surface area contributed by atoms with Crippen LogP contribution in [0.25, 0.3) is 0 Å². The third kappa shape index (κ3) is 2.72. The summed E-state index contributed by atoms with van der Waals surface area (Å²) >= 11 is 0. The quantitative estimate of drug-likeness (QED) is 0.587. The molecule has 0 atom stereocenters. The van der Waals surface area contributed by atoms with Crippen LogP contribution >= 0.6 is 0 Å². The van der Waals surface area contributed by atoms with Gasteiger partial charge in [-0.25, -0.2) is 4.39 Å². The summed E-state index contributed by atoms with van der Waals surface area (Å²) in [6, 6.07) is 3.76. The Hall–Kier alpha value is -1.65. The summed E-state index contributed by atoms with van der Waals surface area (Å²) in [5.74, 6) is 0.127. The van der Waals surface area contributed by atoms with Crippen LogP contribution in [0.15, 0.2) is 18.2 Å². The van der Waals surface area contributed by atoms with E-state index in [4.69, 9.17) is 0 Å². The van der Waals surface area contributed by atoms with Crippen LogP contribution in [-0.2, 0) is 0 Å². The zero-order valence-electron chi connectivity index (χ0n) is 9.73. The molecule has 0 N–H and O–H groups in total. The Labute approximate surface area is 99.2 Å². The van der Waals surface area contributed by atoms with Crippen molar-refractivity contribution < 1.29 is 9.31 Å². The van der Waals surface area contributed by atoms with Crippen molar-refractivity contribution in [2.75, 3.05) is 18.0 Å². The molecule has 0 radical (unpaired) electrons. The summed E-state index contributed by atoms with van der Waals surface area (Å²) in [7, 11) is 0. The second-order valence-corrected chi connectivity index (χ2v) is 4.59. The van der Waals surface area contributed by atoms with Gasteiger partial charge in [0.25, 0.3) is 5.69 Å². The molecule has 1 fully saturated rings. The highest BCUT2D eigenvalue weighted by Gasteiger charge is 2.19. The van der Waals surface area contributed by atoms with E-state index in [1.165, 1.54) is 12.1 Å². The van der Waals surface area contributed by atoms with E-state index >= 15 is 0 Å². The van der Waals surface area contributed by atoms with Gasteiger partial charge in [0, 0.05) is 24.8 Å². The van der Waals surface area contributed by atoms with Crippen LogP contribution < -0.4 is 4.90 Å². The highest BCUT2D eigenvalue weighted by atomic mass is 19.1. The number of hydrogen-bond donors (Lipinski definition) is 0. The molecule has 1 aromatic rings. The maximum Gasteiger partial charge on any atom is 0.274 e. The van der Waals surface area contributed by atoms with Gasteiger partial charge in [-0.05, 0) is 24.8 Å². The highest BCUT2D eigenvalue weighted by Crippen LogP contribution is 2.27. The fourth-order valence-corrected chi connectivity index (χ4v) is 2.11. The summed E-state index contributed by atoms with van der Waals surface area (Å²) in [5, 5.41) is 10.7. The number of nitro benzene ring substituents is 1. The van der Waals surface area contributed by atoms with E-state index < -0.39 is 10.7 Å². The Morgan fingerprint density at radius 3 is 2.59 bits per heavy atom. The Kier molecular flexibility index (Phi) is 3.26. The lowest BCUT2D eigenvalue weighted by Gasteiger charge is -2.31. The van der Waals surface area contributed by atoms with Gasteiger partial charge in [0.2, 0.25) is 0 Å². The Balaban J connectivity index is 2.23. The lowest BCUT2D eigenvalue weighted by atomic mass is 9.99. The number of anilines is 1. The van der Waals surface area contributed by atoms with Crippen LogP contribution in [0.3, 0.4) is 0 Å². The largest absolute Gasteiger partial charge is 0.371 e. The Bertz CT molecular complexity index is 429. The molecule has 17 heavy (non-hydrogen) atoms. The van der Waals surface area contributed by atoms with Gasteiger partial charge in [-0.2, -0.15) is 0 Å². The number of nitrogens with zero attached hydrogens (tertiary/aromatic N) is 2. The van der Waals surface area contributed by atoms with Gasteiger partial charge in [-0.1, -0.05) is 6.92 Å². The minimum atomic E-state index is -0.556. The van der Waals surface area contributed by atoms with Crippen molar-refractivity contribution >= 4 is 11.4 Å². The minimum absolute atomic E-state index is 0.182. The van der Waals surface area contributed by atoms with Crippen molar-refractivity contribution in [2.24, 2.45) is 5.92 Å². The van der Waals surface area contributed by atoms with E-state index in [2.05, 4.69) is 6.92 Å². The van der Waals surface area contributed by atoms with Crippen molar-refractivity contribution in [1.29, 1.82) is 0 Å². The number of nitro groups is 1. The maximum atomic E-state index is 13.3. The molecule has 1 aliphatic rings. The van der Waals surface area contributed by atoms with Crippen molar-refractivity contribution in [3.8, 4) is 0 Å². The Morgan fingerprint density at radius 2 is 2.00 bits per heavy atom. The van der Waals surface area contributed by atoms with Crippen LogP contribution in [-0.4, -0.2) is 18.0 Å². The number of piperidine rings is 1. The van der Waals surface area contributed by atoms with Crippen LogP contribution in [0.2, 0.25) is 0 Å². The van der Waals surface area contributed by atoms with Gasteiger partial charge in [-0.15, -0.1) is 0 Å². The molecule has 1 aromatic carbocycles. The molecule has 0 saturated carbocycles. The average molecular weight is 238 g/mol. The molecule has 1 saturated heterocycles. The molecule has 2 rings (SSSR count). The lowest BCUT2D eigenvalue weighted by Crippen LogP contribution is -2.32. The third-order valence-corrected chi connectivity index (χ3v) is 3.23. The van der Waals surface area contributed by atoms with E-state index in [9.17, 15) is 14.5 Å². The molecule has 5 heteroatoms. The van der Waals surface area contributed by atoms with E-state index in [-0.39, 0.29) is 5.69 Å². The molecular weight excluding hydrogens is 223 g/mol. The molecule has 4 nitrogen and oxygen atoms in total. The first-order chi connectivity index (χ1) is 8.06. The lowest BCUT2D eigenvalue weighted by molar-refractivity contribution is -0.385. The molecular formula is C12H15FN2O2. The van der Waals surface area contributed by atoms with Crippen molar-refractivity contribution in [2.45, 2.75) is 19.8 Å². The first-order valence-electron chi connectivity index (χ1n) is 5.76. The van der Waals surface area contributed by atoms with E-state index in [1.54, 1.807) is 0 Å². The van der Waals surface area contributed by atoms with Gasteiger partial charge in [0.05, 0.1) is 11.0 Å². The zero-order valence-corrected chi connectivity index (χ0v) is 9.73. The molecule has 0 amide bonds. The molecule has 0 aromatic heterocycles. The standard InChI is InChI=1S/C12H15FN2O2/c1-9-2-4-14(5-3-9)11-6-10(13)7-12(8-11)15(16)17/h6-9H,2-5H2,1H3. The first kappa shape index (κ1) is 11.8.